The van der Waals surface area contributed by atoms with Gasteiger partial charge in [0.2, 0.25) is 0 Å². The molecule has 0 saturated carbocycles. The first-order valence-corrected chi connectivity index (χ1v) is 9.98. The van der Waals surface area contributed by atoms with Crippen LogP contribution < -0.4 is 10.0 Å². The summed E-state index contributed by atoms with van der Waals surface area (Å²) in [7, 11) is -3.77. The Morgan fingerprint density at radius 2 is 1.88 bits per heavy atom. The maximum atomic E-state index is 12.5. The van der Waals surface area contributed by atoms with Crippen molar-refractivity contribution < 1.29 is 13.2 Å². The van der Waals surface area contributed by atoms with Crippen LogP contribution in [0.3, 0.4) is 0 Å². The average molecular weight is 423 g/mol. The van der Waals surface area contributed by atoms with E-state index in [1.807, 2.05) is 19.1 Å². The Hall–Kier alpha value is -2.12. The highest BCUT2D eigenvalue weighted by atomic mass is 79.9. The van der Waals surface area contributed by atoms with E-state index in [1.54, 1.807) is 36.4 Å². The number of amides is 1. The molecule has 25 heavy (non-hydrogen) atoms. The molecule has 0 fully saturated rings. The number of allylic oxidation sites excluding steroid dienone is 1. The lowest BCUT2D eigenvalue weighted by Crippen LogP contribution is -2.24. The Bertz CT molecular complexity index is 862. The summed E-state index contributed by atoms with van der Waals surface area (Å²) in [6, 6.07) is 12.8. The zero-order chi connectivity index (χ0) is 18.3. The number of hydrogen-bond acceptors (Lipinski definition) is 3. The number of nitrogens with one attached hydrogen (secondary N) is 2. The van der Waals surface area contributed by atoms with Gasteiger partial charge in [-0.2, -0.15) is 0 Å². The molecule has 0 heterocycles. The fourth-order valence-corrected chi connectivity index (χ4v) is 3.44. The van der Waals surface area contributed by atoms with E-state index in [4.69, 9.17) is 0 Å². The molecule has 0 aliphatic rings. The van der Waals surface area contributed by atoms with Gasteiger partial charge in [0.05, 0.1) is 4.90 Å². The quantitative estimate of drug-likeness (QED) is 0.523. The molecule has 0 unspecified atom stereocenters. The van der Waals surface area contributed by atoms with Gasteiger partial charge in [0.15, 0.2) is 0 Å². The molecule has 2 aromatic carbocycles. The third kappa shape index (κ3) is 5.72. The summed E-state index contributed by atoms with van der Waals surface area (Å²) in [5, 5.41) is 2.76. The topological polar surface area (TPSA) is 75.3 Å². The zero-order valence-electron chi connectivity index (χ0n) is 13.7. The number of carbonyl (C=O) groups is 1. The molecule has 5 nitrogen and oxygen atoms in total. The number of rotatable bonds is 7. The van der Waals surface area contributed by atoms with E-state index in [1.165, 1.54) is 12.1 Å². The summed E-state index contributed by atoms with van der Waals surface area (Å²) < 4.78 is 28.3. The molecular weight excluding hydrogens is 404 g/mol. The van der Waals surface area contributed by atoms with E-state index < -0.39 is 10.0 Å². The van der Waals surface area contributed by atoms with Crippen molar-refractivity contribution in [2.75, 3.05) is 11.3 Å². The van der Waals surface area contributed by atoms with Crippen molar-refractivity contribution in [3.05, 3.63) is 70.7 Å². The minimum absolute atomic E-state index is 0.0384. The molecule has 0 radical (unpaired) electrons. The van der Waals surface area contributed by atoms with E-state index >= 15 is 0 Å². The maximum Gasteiger partial charge on any atom is 0.261 e. The minimum Gasteiger partial charge on any atom is -0.352 e. The van der Waals surface area contributed by atoms with Gasteiger partial charge in [-0.25, -0.2) is 8.42 Å². The maximum absolute atomic E-state index is 12.5. The van der Waals surface area contributed by atoms with Crippen molar-refractivity contribution in [3.8, 4) is 0 Å². The Morgan fingerprint density at radius 1 is 1.16 bits per heavy atom. The Labute approximate surface area is 156 Å². The van der Waals surface area contributed by atoms with Crippen LogP contribution in [-0.2, 0) is 10.0 Å². The number of benzene rings is 2. The molecule has 1 amide bonds. The van der Waals surface area contributed by atoms with Crippen LogP contribution >= 0.6 is 15.9 Å². The molecular formula is C18H19BrN2O3S. The molecule has 2 aromatic rings. The highest BCUT2D eigenvalue weighted by Gasteiger charge is 2.16. The molecule has 0 spiro atoms. The normalized spacial score (nSPS) is 11.4. The van der Waals surface area contributed by atoms with Crippen molar-refractivity contribution in [2.45, 2.75) is 18.2 Å². The lowest BCUT2D eigenvalue weighted by molar-refractivity contribution is 0.0954. The van der Waals surface area contributed by atoms with Crippen LogP contribution in [0.25, 0.3) is 0 Å². The predicted octanol–water partition coefficient (Wildman–Crippen LogP) is 3.95. The van der Waals surface area contributed by atoms with Crippen molar-refractivity contribution >= 4 is 37.5 Å². The molecule has 0 aliphatic carbocycles. The van der Waals surface area contributed by atoms with Gasteiger partial charge in [0, 0.05) is 22.3 Å². The third-order valence-corrected chi connectivity index (χ3v) is 5.24. The SMILES string of the molecule is C/C=C/CCNC(=O)c1cccc(S(=O)(=O)Nc2ccc(Br)cc2)c1. The van der Waals surface area contributed by atoms with Crippen LogP contribution in [0, 0.1) is 0 Å². The fraction of sp³-hybridized carbons (Fsp3) is 0.167. The number of halogens is 1. The summed E-state index contributed by atoms with van der Waals surface area (Å²) >= 11 is 3.30. The second kappa shape index (κ2) is 8.82. The van der Waals surface area contributed by atoms with Crippen LogP contribution in [-0.4, -0.2) is 20.9 Å². The third-order valence-electron chi connectivity index (χ3n) is 3.34. The number of anilines is 1. The summed E-state index contributed by atoms with van der Waals surface area (Å²) in [6.07, 6.45) is 4.59. The monoisotopic (exact) mass is 422 g/mol. The highest BCUT2D eigenvalue weighted by molar-refractivity contribution is 9.10. The van der Waals surface area contributed by atoms with Crippen LogP contribution in [0.2, 0.25) is 0 Å². The number of hydrogen-bond donors (Lipinski definition) is 2. The molecule has 0 saturated heterocycles. The molecule has 0 atom stereocenters. The van der Waals surface area contributed by atoms with Crippen LogP contribution in [0.15, 0.2) is 70.1 Å². The first-order valence-electron chi connectivity index (χ1n) is 7.70. The summed E-state index contributed by atoms with van der Waals surface area (Å²) in [5.41, 5.74) is 0.753. The largest absolute Gasteiger partial charge is 0.352 e. The standard InChI is InChI=1S/C18H19BrN2O3S/c1-2-3-4-12-20-18(22)14-6-5-7-17(13-14)25(23,24)21-16-10-8-15(19)9-11-16/h2-3,5-11,13,21H,4,12H2,1H3,(H,20,22)/b3-2+. The first kappa shape index (κ1) is 19.2. The van der Waals surface area contributed by atoms with Crippen molar-refractivity contribution in [1.82, 2.24) is 5.32 Å². The van der Waals surface area contributed by atoms with E-state index in [9.17, 15) is 13.2 Å². The molecule has 132 valence electrons. The van der Waals surface area contributed by atoms with E-state index in [0.717, 1.165) is 10.9 Å². The van der Waals surface area contributed by atoms with Crippen LogP contribution in [0.5, 0.6) is 0 Å². The van der Waals surface area contributed by atoms with Gasteiger partial charge in [-0.3, -0.25) is 9.52 Å². The van der Waals surface area contributed by atoms with Crippen molar-refractivity contribution in [2.24, 2.45) is 0 Å². The fourth-order valence-electron chi connectivity index (χ4n) is 2.07. The van der Waals surface area contributed by atoms with Crippen molar-refractivity contribution in [1.29, 1.82) is 0 Å². The second-order valence-electron chi connectivity index (χ2n) is 5.25. The Morgan fingerprint density at radius 3 is 2.56 bits per heavy atom. The average Bonchev–Trinajstić information content (AvgIpc) is 2.60. The van der Waals surface area contributed by atoms with E-state index in [2.05, 4.69) is 26.0 Å². The van der Waals surface area contributed by atoms with Gasteiger partial charge in [0.25, 0.3) is 15.9 Å². The van der Waals surface area contributed by atoms with Crippen LogP contribution in [0.4, 0.5) is 5.69 Å². The van der Waals surface area contributed by atoms with E-state index in [-0.39, 0.29) is 10.8 Å². The number of sulfonamides is 1. The van der Waals surface area contributed by atoms with Gasteiger partial charge >= 0.3 is 0 Å². The summed E-state index contributed by atoms with van der Waals surface area (Å²) in [6.45, 7) is 2.41. The van der Waals surface area contributed by atoms with Gasteiger partial charge in [-0.1, -0.05) is 34.1 Å². The molecule has 0 aromatic heterocycles. The lowest BCUT2D eigenvalue weighted by Gasteiger charge is -2.10. The van der Waals surface area contributed by atoms with E-state index in [0.29, 0.717) is 17.8 Å². The molecule has 0 bridgehead atoms. The summed E-state index contributed by atoms with van der Waals surface area (Å²) in [4.78, 5) is 12.2. The van der Waals surface area contributed by atoms with Gasteiger partial charge < -0.3 is 5.32 Å². The summed E-state index contributed by atoms with van der Waals surface area (Å²) in [5.74, 6) is -0.301. The van der Waals surface area contributed by atoms with Gasteiger partial charge in [0.1, 0.15) is 0 Å². The number of carbonyl (C=O) groups excluding carboxylic acids is 1. The van der Waals surface area contributed by atoms with Gasteiger partial charge in [-0.05, 0) is 55.8 Å². The smallest absolute Gasteiger partial charge is 0.261 e. The second-order valence-corrected chi connectivity index (χ2v) is 7.85. The molecule has 2 N–H and O–H groups in total. The minimum atomic E-state index is -3.77. The van der Waals surface area contributed by atoms with Gasteiger partial charge in [-0.15, -0.1) is 0 Å². The molecule has 2 rings (SSSR count). The highest BCUT2D eigenvalue weighted by Crippen LogP contribution is 2.19. The molecule has 0 aliphatic heterocycles. The first-order chi connectivity index (χ1) is 11.9. The lowest BCUT2D eigenvalue weighted by atomic mass is 10.2. The zero-order valence-corrected chi connectivity index (χ0v) is 16.1. The Kier molecular flexibility index (Phi) is 6.78. The predicted molar refractivity (Wildman–Crippen MR) is 103 cm³/mol. The molecule has 7 heteroatoms. The Balaban J connectivity index is 2.13. The van der Waals surface area contributed by atoms with Crippen LogP contribution in [0.1, 0.15) is 23.7 Å². The van der Waals surface area contributed by atoms with Crippen molar-refractivity contribution in [3.63, 3.8) is 0 Å².